The maximum Gasteiger partial charge on any atom is 0.416 e. The van der Waals surface area contributed by atoms with Crippen molar-refractivity contribution in [3.63, 3.8) is 0 Å². The summed E-state index contributed by atoms with van der Waals surface area (Å²) >= 11 is 0. The molecule has 0 spiro atoms. The number of carbonyl (C=O) groups is 2. The second kappa shape index (κ2) is 9.85. The van der Waals surface area contributed by atoms with Crippen LogP contribution in [0.5, 0.6) is 17.2 Å². The Balaban J connectivity index is 2.22. The fraction of sp³-hybridized carbons (Fsp3) is 0.333. The van der Waals surface area contributed by atoms with Crippen LogP contribution in [-0.4, -0.2) is 38.8 Å². The number of phenolic OH excluding ortho intramolecular Hbond substituents is 1. The highest BCUT2D eigenvalue weighted by Gasteiger charge is 2.33. The third-order valence-electron chi connectivity index (χ3n) is 4.16. The van der Waals surface area contributed by atoms with Crippen LogP contribution in [0.2, 0.25) is 0 Å². The lowest BCUT2D eigenvalue weighted by Gasteiger charge is -2.22. The van der Waals surface area contributed by atoms with Crippen LogP contribution in [0, 0.1) is 10.1 Å². The number of hydrogen-bond acceptors (Lipinski definition) is 7. The molecule has 10 nitrogen and oxygen atoms in total. The zero-order valence-corrected chi connectivity index (χ0v) is 18.2. The molecule has 0 radical (unpaired) electrons. The van der Waals surface area contributed by atoms with E-state index in [1.54, 1.807) is 20.8 Å². The van der Waals surface area contributed by atoms with Gasteiger partial charge in [0.15, 0.2) is 11.5 Å². The van der Waals surface area contributed by atoms with Crippen molar-refractivity contribution >= 4 is 17.7 Å². The number of hydrogen-bond donors (Lipinski definition) is 3. The molecule has 2 rings (SSSR count). The summed E-state index contributed by atoms with van der Waals surface area (Å²) in [6.07, 6.45) is -6.03. The van der Waals surface area contributed by atoms with Gasteiger partial charge in [-0.15, -0.1) is 0 Å². The van der Waals surface area contributed by atoms with Gasteiger partial charge in [0.2, 0.25) is 5.75 Å². The molecule has 0 aliphatic heterocycles. The van der Waals surface area contributed by atoms with E-state index in [-0.39, 0.29) is 17.7 Å². The van der Waals surface area contributed by atoms with Gasteiger partial charge in [-0.3, -0.25) is 10.1 Å². The Kier molecular flexibility index (Phi) is 7.60. The number of aliphatic carboxylic acids is 1. The van der Waals surface area contributed by atoms with Crippen molar-refractivity contribution in [3.05, 3.63) is 57.6 Å². The van der Waals surface area contributed by atoms with E-state index in [1.165, 1.54) is 6.07 Å². The van der Waals surface area contributed by atoms with Crippen LogP contribution >= 0.6 is 0 Å². The van der Waals surface area contributed by atoms with Crippen LogP contribution < -0.4 is 10.1 Å². The summed E-state index contributed by atoms with van der Waals surface area (Å²) < 4.78 is 48.8. The molecule has 3 N–H and O–H groups in total. The van der Waals surface area contributed by atoms with Crippen molar-refractivity contribution in [1.29, 1.82) is 0 Å². The van der Waals surface area contributed by atoms with E-state index < -0.39 is 57.6 Å². The van der Waals surface area contributed by atoms with Gasteiger partial charge in [0.25, 0.3) is 0 Å². The molecule has 2 aromatic carbocycles. The molecule has 0 bridgehead atoms. The molecule has 0 heterocycles. The molecule has 0 aromatic heterocycles. The molecule has 0 fully saturated rings. The first-order valence-corrected chi connectivity index (χ1v) is 9.64. The lowest BCUT2D eigenvalue weighted by molar-refractivity contribution is -0.385. The Hall–Kier alpha value is -4.03. The van der Waals surface area contributed by atoms with E-state index in [2.05, 4.69) is 5.32 Å². The highest BCUT2D eigenvalue weighted by Crippen LogP contribution is 2.40. The molecule has 184 valence electrons. The molecule has 0 saturated heterocycles. The zero-order chi connectivity index (χ0) is 25.8. The van der Waals surface area contributed by atoms with Crippen molar-refractivity contribution in [2.45, 2.75) is 45.0 Å². The summed E-state index contributed by atoms with van der Waals surface area (Å²) in [6.45, 7) is 4.79. The number of nitrogens with one attached hydrogen (secondary N) is 1. The SMILES string of the molecule is CC(C)(C)OC(=O)NC(Cc1ccc(Oc2ccc(C(F)(F)F)cc2[N+](=O)[O-])c(O)c1)C(=O)O. The average Bonchev–Trinajstić information content (AvgIpc) is 2.67. The maximum absolute atomic E-state index is 12.8. The number of amides is 1. The first-order valence-electron chi connectivity index (χ1n) is 9.64. The summed E-state index contributed by atoms with van der Waals surface area (Å²) in [7, 11) is 0. The number of carboxylic acids is 1. The van der Waals surface area contributed by atoms with Crippen LogP contribution in [0.25, 0.3) is 0 Å². The molecule has 1 unspecified atom stereocenters. The highest BCUT2D eigenvalue weighted by atomic mass is 19.4. The minimum atomic E-state index is -4.80. The van der Waals surface area contributed by atoms with Gasteiger partial charge < -0.3 is 25.0 Å². The number of carbonyl (C=O) groups excluding carboxylic acids is 1. The number of halogens is 3. The highest BCUT2D eigenvalue weighted by molar-refractivity contribution is 5.80. The molecule has 0 saturated carbocycles. The molecular weight excluding hydrogens is 465 g/mol. The topological polar surface area (TPSA) is 148 Å². The first-order chi connectivity index (χ1) is 15.6. The van der Waals surface area contributed by atoms with Crippen molar-refractivity contribution in [1.82, 2.24) is 5.32 Å². The van der Waals surface area contributed by atoms with E-state index in [0.29, 0.717) is 12.1 Å². The molecule has 1 atom stereocenters. The van der Waals surface area contributed by atoms with Crippen molar-refractivity contribution < 1.29 is 47.4 Å². The Bertz CT molecular complexity index is 1100. The van der Waals surface area contributed by atoms with Crippen LogP contribution in [-0.2, 0) is 22.1 Å². The van der Waals surface area contributed by atoms with Crippen molar-refractivity contribution in [2.24, 2.45) is 0 Å². The summed E-state index contributed by atoms with van der Waals surface area (Å²) in [5, 5.41) is 33.0. The van der Waals surface area contributed by atoms with Gasteiger partial charge in [-0.1, -0.05) is 6.07 Å². The van der Waals surface area contributed by atoms with Crippen LogP contribution in [0.1, 0.15) is 31.9 Å². The molecule has 2 aromatic rings. The summed E-state index contributed by atoms with van der Waals surface area (Å²) in [4.78, 5) is 33.5. The van der Waals surface area contributed by atoms with Crippen molar-refractivity contribution in [3.8, 4) is 17.2 Å². The van der Waals surface area contributed by atoms with Gasteiger partial charge >= 0.3 is 23.9 Å². The average molecular weight is 486 g/mol. The number of rotatable bonds is 7. The monoisotopic (exact) mass is 486 g/mol. The number of alkyl carbamates (subject to hydrolysis) is 1. The number of phenols is 1. The van der Waals surface area contributed by atoms with E-state index in [1.807, 2.05) is 0 Å². The number of carboxylic acid groups (broad SMARTS) is 1. The predicted octanol–water partition coefficient (Wildman–Crippen LogP) is 4.63. The van der Waals surface area contributed by atoms with Gasteiger partial charge in [-0.25, -0.2) is 9.59 Å². The van der Waals surface area contributed by atoms with Crippen molar-refractivity contribution in [2.75, 3.05) is 0 Å². The Morgan fingerprint density at radius 1 is 1.12 bits per heavy atom. The smallest absolute Gasteiger partial charge is 0.416 e. The van der Waals surface area contributed by atoms with E-state index >= 15 is 0 Å². The second-order valence-electron chi connectivity index (χ2n) is 8.08. The predicted molar refractivity (Wildman–Crippen MR) is 111 cm³/mol. The molecule has 0 aliphatic rings. The first kappa shape index (κ1) is 26.2. The Morgan fingerprint density at radius 3 is 2.24 bits per heavy atom. The van der Waals surface area contributed by atoms with Crippen LogP contribution in [0.15, 0.2) is 36.4 Å². The minimum absolute atomic E-state index is 0.246. The number of nitrogens with zero attached hydrogens (tertiary/aromatic N) is 1. The van der Waals surface area contributed by atoms with Gasteiger partial charge in [-0.05, 0) is 50.6 Å². The molecule has 13 heteroatoms. The fourth-order valence-electron chi connectivity index (χ4n) is 2.70. The van der Waals surface area contributed by atoms with E-state index in [9.17, 15) is 43.1 Å². The number of aromatic hydroxyl groups is 1. The fourth-order valence-corrected chi connectivity index (χ4v) is 2.70. The van der Waals surface area contributed by atoms with Gasteiger partial charge in [0.1, 0.15) is 11.6 Å². The number of benzene rings is 2. The van der Waals surface area contributed by atoms with Gasteiger partial charge in [-0.2, -0.15) is 13.2 Å². The number of alkyl halides is 3. The van der Waals surface area contributed by atoms with Crippen LogP contribution in [0.3, 0.4) is 0 Å². The number of ether oxygens (including phenoxy) is 2. The molecule has 1 amide bonds. The minimum Gasteiger partial charge on any atom is -0.504 e. The number of nitro groups is 1. The largest absolute Gasteiger partial charge is 0.504 e. The summed E-state index contributed by atoms with van der Waals surface area (Å²) in [5.41, 5.74) is -2.82. The molecular formula is C21H21F3N2O8. The Morgan fingerprint density at radius 2 is 1.74 bits per heavy atom. The third kappa shape index (κ3) is 7.25. The summed E-state index contributed by atoms with van der Waals surface area (Å²) in [6, 6.07) is 3.80. The molecule has 34 heavy (non-hydrogen) atoms. The second-order valence-corrected chi connectivity index (χ2v) is 8.08. The number of nitro benzene ring substituents is 1. The third-order valence-corrected chi connectivity index (χ3v) is 4.16. The lowest BCUT2D eigenvalue weighted by atomic mass is 10.1. The Labute approximate surface area is 191 Å². The quantitative estimate of drug-likeness (QED) is 0.379. The zero-order valence-electron chi connectivity index (χ0n) is 18.2. The summed E-state index contributed by atoms with van der Waals surface area (Å²) in [5.74, 6) is -2.80. The van der Waals surface area contributed by atoms with Crippen LogP contribution in [0.4, 0.5) is 23.7 Å². The lowest BCUT2D eigenvalue weighted by Crippen LogP contribution is -2.44. The normalized spacial score (nSPS) is 12.5. The maximum atomic E-state index is 12.8. The standard InChI is InChI=1S/C21H21F3N2O8/c1-20(2,3)34-19(30)25-13(18(28)29)8-11-4-6-17(15(27)9-11)33-16-7-5-12(21(22,23)24)10-14(16)26(31)32/h4-7,9-10,13,27H,8H2,1-3H3,(H,25,30)(H,28,29). The van der Waals surface area contributed by atoms with E-state index in [0.717, 1.165) is 18.2 Å². The van der Waals surface area contributed by atoms with Gasteiger partial charge in [0.05, 0.1) is 10.5 Å². The van der Waals surface area contributed by atoms with Gasteiger partial charge in [0, 0.05) is 12.5 Å². The molecule has 0 aliphatic carbocycles. The van der Waals surface area contributed by atoms with E-state index in [4.69, 9.17) is 9.47 Å².